The van der Waals surface area contributed by atoms with E-state index in [0.717, 1.165) is 18.9 Å². The fourth-order valence-corrected chi connectivity index (χ4v) is 3.63. The minimum Gasteiger partial charge on any atom is -0.376 e. The molecule has 1 atom stereocenters. The van der Waals surface area contributed by atoms with Crippen LogP contribution in [0.15, 0.2) is 29.6 Å². The number of nitrogens with one attached hydrogen (secondary N) is 1. The molecule has 1 amide bonds. The summed E-state index contributed by atoms with van der Waals surface area (Å²) in [4.78, 5) is 17.1. The zero-order valence-corrected chi connectivity index (χ0v) is 14.8. The Kier molecular flexibility index (Phi) is 4.60. The van der Waals surface area contributed by atoms with E-state index in [1.165, 1.54) is 17.4 Å². The lowest BCUT2D eigenvalue weighted by molar-refractivity contribution is -0.142. The fourth-order valence-electron chi connectivity index (χ4n) is 2.94. The highest BCUT2D eigenvalue weighted by Crippen LogP contribution is 2.33. The molecule has 0 radical (unpaired) electrons. The van der Waals surface area contributed by atoms with Gasteiger partial charge in [-0.1, -0.05) is 6.07 Å². The smallest absolute Gasteiger partial charge is 0.376 e. The Morgan fingerprint density at radius 1 is 1.41 bits per heavy atom. The average Bonchev–Trinajstić information content (AvgIpc) is 3.38. The summed E-state index contributed by atoms with van der Waals surface area (Å²) in [5.41, 5.74) is -0.935. The second kappa shape index (κ2) is 6.93. The Labute approximate surface area is 156 Å². The lowest BCUT2D eigenvalue weighted by Crippen LogP contribution is -2.32. The van der Waals surface area contributed by atoms with Crippen molar-refractivity contribution in [2.24, 2.45) is 0 Å². The van der Waals surface area contributed by atoms with Crippen LogP contribution < -0.4 is 5.32 Å². The van der Waals surface area contributed by atoms with Gasteiger partial charge in [-0.25, -0.2) is 9.50 Å². The lowest BCUT2D eigenvalue weighted by Gasteiger charge is -2.10. The van der Waals surface area contributed by atoms with E-state index >= 15 is 0 Å². The van der Waals surface area contributed by atoms with Crippen LogP contribution in [0.25, 0.3) is 16.2 Å². The van der Waals surface area contributed by atoms with Gasteiger partial charge in [-0.2, -0.15) is 18.3 Å². The van der Waals surface area contributed by atoms with E-state index in [2.05, 4.69) is 15.4 Å². The summed E-state index contributed by atoms with van der Waals surface area (Å²) in [5, 5.41) is 8.25. The Morgan fingerprint density at radius 2 is 2.26 bits per heavy atom. The minimum absolute atomic E-state index is 0.0320. The number of amides is 1. The maximum Gasteiger partial charge on any atom is 0.433 e. The van der Waals surface area contributed by atoms with Crippen molar-refractivity contribution >= 4 is 22.9 Å². The van der Waals surface area contributed by atoms with Gasteiger partial charge in [-0.05, 0) is 30.4 Å². The quantitative estimate of drug-likeness (QED) is 0.734. The Hall–Kier alpha value is -2.46. The molecule has 3 aromatic heterocycles. The zero-order valence-electron chi connectivity index (χ0n) is 14.0. The number of hydrogen-bond acceptors (Lipinski definition) is 5. The monoisotopic (exact) mass is 396 g/mol. The van der Waals surface area contributed by atoms with Crippen LogP contribution >= 0.6 is 11.3 Å². The largest absolute Gasteiger partial charge is 0.433 e. The molecule has 6 nitrogen and oxygen atoms in total. The first-order chi connectivity index (χ1) is 12.9. The van der Waals surface area contributed by atoms with Gasteiger partial charge in [0.1, 0.15) is 0 Å². The summed E-state index contributed by atoms with van der Waals surface area (Å²) >= 11 is 1.29. The van der Waals surface area contributed by atoms with Crippen molar-refractivity contribution in [3.8, 4) is 10.6 Å². The first-order valence-electron chi connectivity index (χ1n) is 8.33. The fraction of sp³-hybridized carbons (Fsp3) is 0.353. The molecule has 3 aromatic rings. The number of carbonyl (C=O) groups is 1. The second-order valence-electron chi connectivity index (χ2n) is 6.15. The van der Waals surface area contributed by atoms with Crippen LogP contribution in [-0.2, 0) is 10.9 Å². The Morgan fingerprint density at radius 3 is 2.93 bits per heavy atom. The molecule has 0 aliphatic carbocycles. The van der Waals surface area contributed by atoms with Gasteiger partial charge in [0.25, 0.3) is 5.91 Å². The number of aromatic nitrogens is 3. The van der Waals surface area contributed by atoms with Crippen molar-refractivity contribution in [3.63, 3.8) is 0 Å². The number of fused-ring (bicyclic) bond motifs is 1. The van der Waals surface area contributed by atoms with Crippen LogP contribution in [0.4, 0.5) is 13.2 Å². The van der Waals surface area contributed by atoms with Crippen LogP contribution in [0.5, 0.6) is 0 Å². The summed E-state index contributed by atoms with van der Waals surface area (Å²) < 4.78 is 46.6. The molecule has 1 fully saturated rings. The average molecular weight is 396 g/mol. The Balaban J connectivity index is 1.68. The van der Waals surface area contributed by atoms with Crippen molar-refractivity contribution in [2.45, 2.75) is 25.1 Å². The Bertz CT molecular complexity index is 963. The van der Waals surface area contributed by atoms with E-state index in [4.69, 9.17) is 4.74 Å². The highest BCUT2D eigenvalue weighted by molar-refractivity contribution is 7.13. The van der Waals surface area contributed by atoms with E-state index in [-0.39, 0.29) is 23.1 Å². The van der Waals surface area contributed by atoms with E-state index in [1.54, 1.807) is 17.5 Å². The number of alkyl halides is 3. The van der Waals surface area contributed by atoms with Crippen molar-refractivity contribution in [2.75, 3.05) is 13.2 Å². The van der Waals surface area contributed by atoms with Gasteiger partial charge in [0.15, 0.2) is 17.0 Å². The van der Waals surface area contributed by atoms with Crippen LogP contribution in [0, 0.1) is 0 Å². The summed E-state index contributed by atoms with van der Waals surface area (Å²) in [7, 11) is 0. The van der Waals surface area contributed by atoms with Crippen molar-refractivity contribution in [1.29, 1.82) is 0 Å². The van der Waals surface area contributed by atoms with Gasteiger partial charge in [-0.3, -0.25) is 4.79 Å². The summed E-state index contributed by atoms with van der Waals surface area (Å²) in [6.45, 7) is 0.950. The third kappa shape index (κ3) is 3.67. The van der Waals surface area contributed by atoms with Gasteiger partial charge in [0.05, 0.1) is 16.7 Å². The molecule has 1 aliphatic rings. The normalized spacial score (nSPS) is 17.5. The first kappa shape index (κ1) is 17.9. The molecular weight excluding hydrogens is 381 g/mol. The number of halogens is 3. The van der Waals surface area contributed by atoms with Crippen LogP contribution in [0.2, 0.25) is 0 Å². The van der Waals surface area contributed by atoms with E-state index in [0.29, 0.717) is 22.5 Å². The van der Waals surface area contributed by atoms with Crippen molar-refractivity contribution < 1.29 is 22.7 Å². The SMILES string of the molecule is O=C(NCC1CCCO1)c1cc2nc(-c3cccs3)cc(C(F)(F)F)n2n1. The van der Waals surface area contributed by atoms with Gasteiger partial charge < -0.3 is 10.1 Å². The van der Waals surface area contributed by atoms with Crippen LogP contribution in [-0.4, -0.2) is 39.8 Å². The van der Waals surface area contributed by atoms with Crippen molar-refractivity contribution in [1.82, 2.24) is 19.9 Å². The number of thiophene rings is 1. The summed E-state index contributed by atoms with van der Waals surface area (Å²) in [5.74, 6) is -0.554. The molecule has 1 aliphatic heterocycles. The van der Waals surface area contributed by atoms with Gasteiger partial charge >= 0.3 is 6.18 Å². The lowest BCUT2D eigenvalue weighted by atomic mass is 10.2. The first-order valence-corrected chi connectivity index (χ1v) is 9.21. The topological polar surface area (TPSA) is 68.5 Å². The number of ether oxygens (including phenoxy) is 1. The molecule has 0 aromatic carbocycles. The second-order valence-corrected chi connectivity index (χ2v) is 7.09. The van der Waals surface area contributed by atoms with Gasteiger partial charge in [0.2, 0.25) is 0 Å². The van der Waals surface area contributed by atoms with Crippen molar-refractivity contribution in [3.05, 3.63) is 41.0 Å². The molecule has 0 bridgehead atoms. The molecule has 4 rings (SSSR count). The summed E-state index contributed by atoms with van der Waals surface area (Å²) in [6.07, 6.45) is -2.93. The van der Waals surface area contributed by atoms with E-state index in [1.807, 2.05) is 0 Å². The van der Waals surface area contributed by atoms with E-state index in [9.17, 15) is 18.0 Å². The van der Waals surface area contributed by atoms with E-state index < -0.39 is 17.8 Å². The molecule has 0 spiro atoms. The number of nitrogens with zero attached hydrogens (tertiary/aromatic N) is 3. The minimum atomic E-state index is -4.63. The van der Waals surface area contributed by atoms with Gasteiger partial charge in [0, 0.05) is 19.2 Å². The van der Waals surface area contributed by atoms with Gasteiger partial charge in [-0.15, -0.1) is 11.3 Å². The molecule has 142 valence electrons. The van der Waals surface area contributed by atoms with Crippen LogP contribution in [0.3, 0.4) is 0 Å². The zero-order chi connectivity index (χ0) is 19.0. The molecule has 1 unspecified atom stereocenters. The molecule has 1 N–H and O–H groups in total. The highest BCUT2D eigenvalue weighted by Gasteiger charge is 2.35. The molecule has 27 heavy (non-hydrogen) atoms. The number of carbonyl (C=O) groups excluding carboxylic acids is 1. The number of hydrogen-bond donors (Lipinski definition) is 1. The standard InChI is InChI=1S/C17H15F3N4O2S/c18-17(19,20)14-7-11(13-4-2-6-27-13)22-15-8-12(23-24(14)15)16(25)21-9-10-3-1-5-26-10/h2,4,6-8,10H,1,3,5,9H2,(H,21,25). The maximum atomic E-state index is 13.5. The molecule has 1 saturated heterocycles. The third-order valence-electron chi connectivity index (χ3n) is 4.24. The molecule has 0 saturated carbocycles. The molecule has 4 heterocycles. The molecular formula is C17H15F3N4O2S. The molecule has 10 heteroatoms. The summed E-state index contributed by atoms with van der Waals surface area (Å²) in [6, 6.07) is 5.63. The number of rotatable bonds is 4. The third-order valence-corrected chi connectivity index (χ3v) is 5.13. The van der Waals surface area contributed by atoms with Crippen LogP contribution in [0.1, 0.15) is 29.0 Å². The predicted molar refractivity (Wildman–Crippen MR) is 92.6 cm³/mol. The maximum absolute atomic E-state index is 13.5. The highest BCUT2D eigenvalue weighted by atomic mass is 32.1. The predicted octanol–water partition coefficient (Wildman–Crippen LogP) is 3.39.